The van der Waals surface area contributed by atoms with Gasteiger partial charge in [0, 0.05) is 11.6 Å². The van der Waals surface area contributed by atoms with Gasteiger partial charge < -0.3 is 5.32 Å². The predicted molar refractivity (Wildman–Crippen MR) is 89.2 cm³/mol. The van der Waals surface area contributed by atoms with Crippen LogP contribution in [0.5, 0.6) is 0 Å². The fourth-order valence-electron chi connectivity index (χ4n) is 2.73. The molecule has 116 valence electrons. The summed E-state index contributed by atoms with van der Waals surface area (Å²) in [6.45, 7) is 6.02. The average Bonchev–Trinajstić information content (AvgIpc) is 2.53. The molecule has 23 heavy (non-hydrogen) atoms. The summed E-state index contributed by atoms with van der Waals surface area (Å²) in [7, 11) is 0. The van der Waals surface area contributed by atoms with E-state index < -0.39 is 0 Å². The molecule has 0 aliphatic heterocycles. The van der Waals surface area contributed by atoms with Crippen LogP contribution in [0, 0.1) is 20.8 Å². The minimum absolute atomic E-state index is 0.130. The summed E-state index contributed by atoms with van der Waals surface area (Å²) in [5.41, 5.74) is 4.01. The number of hydrogen-bond donors (Lipinski definition) is 1. The van der Waals surface area contributed by atoms with Crippen LogP contribution in [-0.4, -0.2) is 20.9 Å². The van der Waals surface area contributed by atoms with E-state index >= 15 is 0 Å². The maximum atomic E-state index is 12.6. The standard InChI is InChI=1S/C18H18N4O/c1-11-15-6-4-5-7-16(15)21-12(2)17(11)18(23)20-10-14-8-9-19-13(3)22-14/h4-9H,10H2,1-3H3,(H,20,23). The fourth-order valence-corrected chi connectivity index (χ4v) is 2.73. The lowest BCUT2D eigenvalue weighted by Crippen LogP contribution is -2.25. The van der Waals surface area contributed by atoms with Gasteiger partial charge in [0.05, 0.1) is 29.0 Å². The molecular weight excluding hydrogens is 288 g/mol. The smallest absolute Gasteiger partial charge is 0.253 e. The van der Waals surface area contributed by atoms with Crippen LogP contribution in [0.3, 0.4) is 0 Å². The molecule has 0 fully saturated rings. The number of hydrogen-bond acceptors (Lipinski definition) is 4. The summed E-state index contributed by atoms with van der Waals surface area (Å²) in [5, 5.41) is 3.92. The van der Waals surface area contributed by atoms with Crippen molar-refractivity contribution in [2.45, 2.75) is 27.3 Å². The maximum absolute atomic E-state index is 12.6. The van der Waals surface area contributed by atoms with Gasteiger partial charge in [-0.25, -0.2) is 9.97 Å². The predicted octanol–water partition coefficient (Wildman–Crippen LogP) is 2.88. The summed E-state index contributed by atoms with van der Waals surface area (Å²) < 4.78 is 0. The van der Waals surface area contributed by atoms with Crippen LogP contribution in [0.4, 0.5) is 0 Å². The molecule has 0 aliphatic carbocycles. The van der Waals surface area contributed by atoms with Gasteiger partial charge in [0.2, 0.25) is 0 Å². The Hall–Kier alpha value is -2.82. The van der Waals surface area contributed by atoms with Gasteiger partial charge in [-0.1, -0.05) is 18.2 Å². The monoisotopic (exact) mass is 306 g/mol. The molecule has 0 saturated carbocycles. The van der Waals surface area contributed by atoms with Crippen LogP contribution < -0.4 is 5.32 Å². The van der Waals surface area contributed by atoms with Gasteiger partial charge in [0.25, 0.3) is 5.91 Å². The SMILES string of the molecule is Cc1nccc(CNC(=O)c2c(C)nc3ccccc3c2C)n1. The number of amides is 1. The minimum atomic E-state index is -0.130. The Bertz CT molecular complexity index is 889. The summed E-state index contributed by atoms with van der Waals surface area (Å²) in [6.07, 6.45) is 1.69. The quantitative estimate of drug-likeness (QED) is 0.808. The van der Waals surface area contributed by atoms with Crippen molar-refractivity contribution in [1.82, 2.24) is 20.3 Å². The largest absolute Gasteiger partial charge is 0.346 e. The first-order valence-corrected chi connectivity index (χ1v) is 7.49. The molecule has 1 aromatic carbocycles. The van der Waals surface area contributed by atoms with E-state index in [1.807, 2.05) is 45.0 Å². The first-order chi connectivity index (χ1) is 11.1. The van der Waals surface area contributed by atoms with Crippen molar-refractivity contribution in [2.24, 2.45) is 0 Å². The third-order valence-electron chi connectivity index (χ3n) is 3.82. The van der Waals surface area contributed by atoms with Gasteiger partial charge >= 0.3 is 0 Å². The van der Waals surface area contributed by atoms with Crippen LogP contribution in [0.1, 0.15) is 33.1 Å². The van der Waals surface area contributed by atoms with Crippen LogP contribution >= 0.6 is 0 Å². The Morgan fingerprint density at radius 2 is 1.87 bits per heavy atom. The molecule has 1 amide bonds. The third-order valence-corrected chi connectivity index (χ3v) is 3.82. The lowest BCUT2D eigenvalue weighted by atomic mass is 10.0. The molecule has 0 atom stereocenters. The molecule has 0 unspecified atom stereocenters. The fraction of sp³-hybridized carbons (Fsp3) is 0.222. The molecule has 0 saturated heterocycles. The second kappa shape index (κ2) is 6.12. The molecule has 3 rings (SSSR count). The summed E-state index contributed by atoms with van der Waals surface area (Å²) in [5.74, 6) is 0.561. The Balaban J connectivity index is 1.89. The van der Waals surface area contributed by atoms with E-state index in [1.54, 1.807) is 12.3 Å². The van der Waals surface area contributed by atoms with Crippen LogP contribution in [0.2, 0.25) is 0 Å². The zero-order valence-corrected chi connectivity index (χ0v) is 13.4. The Morgan fingerprint density at radius 1 is 1.09 bits per heavy atom. The summed E-state index contributed by atoms with van der Waals surface area (Å²) in [6, 6.07) is 9.65. The lowest BCUT2D eigenvalue weighted by Gasteiger charge is -2.12. The van der Waals surface area contributed by atoms with E-state index in [0.717, 1.165) is 27.9 Å². The van der Waals surface area contributed by atoms with Gasteiger partial charge in [-0.15, -0.1) is 0 Å². The number of fused-ring (bicyclic) bond motifs is 1. The van der Waals surface area contributed by atoms with Crippen LogP contribution in [0.25, 0.3) is 10.9 Å². The highest BCUT2D eigenvalue weighted by atomic mass is 16.1. The number of pyridine rings is 1. The topological polar surface area (TPSA) is 67.8 Å². The highest BCUT2D eigenvalue weighted by Crippen LogP contribution is 2.22. The zero-order chi connectivity index (χ0) is 16.4. The Morgan fingerprint density at radius 3 is 2.65 bits per heavy atom. The second-order valence-corrected chi connectivity index (χ2v) is 5.49. The number of para-hydroxylation sites is 1. The van der Waals surface area contributed by atoms with Gasteiger partial charge in [0.15, 0.2) is 0 Å². The van der Waals surface area contributed by atoms with E-state index in [1.165, 1.54) is 0 Å². The Labute approximate surface area is 134 Å². The molecule has 5 nitrogen and oxygen atoms in total. The van der Waals surface area contributed by atoms with Crippen molar-refractivity contribution in [1.29, 1.82) is 0 Å². The molecule has 5 heteroatoms. The number of carbonyl (C=O) groups excluding carboxylic acids is 1. The first-order valence-electron chi connectivity index (χ1n) is 7.49. The highest BCUT2D eigenvalue weighted by Gasteiger charge is 2.16. The van der Waals surface area contributed by atoms with Gasteiger partial charge in [-0.3, -0.25) is 9.78 Å². The summed E-state index contributed by atoms with van der Waals surface area (Å²) in [4.78, 5) is 25.5. The van der Waals surface area contributed by atoms with E-state index in [9.17, 15) is 4.79 Å². The molecule has 2 heterocycles. The van der Waals surface area contributed by atoms with Gasteiger partial charge in [0.1, 0.15) is 5.82 Å². The normalized spacial score (nSPS) is 10.7. The van der Waals surface area contributed by atoms with Crippen molar-refractivity contribution >= 4 is 16.8 Å². The molecule has 0 aliphatic rings. The molecule has 2 aromatic heterocycles. The van der Waals surface area contributed by atoms with E-state index in [2.05, 4.69) is 20.3 Å². The third kappa shape index (κ3) is 3.04. The maximum Gasteiger partial charge on any atom is 0.253 e. The number of nitrogens with one attached hydrogen (secondary N) is 1. The van der Waals surface area contributed by atoms with Crippen molar-refractivity contribution < 1.29 is 4.79 Å². The van der Waals surface area contributed by atoms with Gasteiger partial charge in [-0.2, -0.15) is 0 Å². The van der Waals surface area contributed by atoms with Crippen molar-refractivity contribution in [3.63, 3.8) is 0 Å². The van der Waals surface area contributed by atoms with Crippen molar-refractivity contribution in [3.8, 4) is 0 Å². The zero-order valence-electron chi connectivity index (χ0n) is 13.4. The number of nitrogens with zero attached hydrogens (tertiary/aromatic N) is 3. The van der Waals surface area contributed by atoms with E-state index in [0.29, 0.717) is 17.9 Å². The van der Waals surface area contributed by atoms with Crippen LogP contribution in [-0.2, 0) is 6.54 Å². The number of benzene rings is 1. The summed E-state index contributed by atoms with van der Waals surface area (Å²) >= 11 is 0. The number of carbonyl (C=O) groups is 1. The molecule has 1 N–H and O–H groups in total. The van der Waals surface area contributed by atoms with Crippen molar-refractivity contribution in [3.05, 3.63) is 64.9 Å². The van der Waals surface area contributed by atoms with E-state index in [-0.39, 0.29) is 5.91 Å². The molecule has 0 bridgehead atoms. The average molecular weight is 306 g/mol. The lowest BCUT2D eigenvalue weighted by molar-refractivity contribution is 0.0949. The van der Waals surface area contributed by atoms with Gasteiger partial charge in [-0.05, 0) is 38.5 Å². The molecule has 0 radical (unpaired) electrons. The number of aromatic nitrogens is 3. The van der Waals surface area contributed by atoms with Crippen molar-refractivity contribution in [2.75, 3.05) is 0 Å². The molecule has 3 aromatic rings. The first kappa shape index (κ1) is 15.1. The minimum Gasteiger partial charge on any atom is -0.346 e. The van der Waals surface area contributed by atoms with E-state index in [4.69, 9.17) is 0 Å². The number of rotatable bonds is 3. The number of aryl methyl sites for hydroxylation is 3. The second-order valence-electron chi connectivity index (χ2n) is 5.49. The molecule has 0 spiro atoms. The highest BCUT2D eigenvalue weighted by molar-refractivity contribution is 6.01. The Kier molecular flexibility index (Phi) is 4.02. The molecular formula is C18H18N4O. The van der Waals surface area contributed by atoms with Crippen LogP contribution in [0.15, 0.2) is 36.5 Å².